The van der Waals surface area contributed by atoms with Gasteiger partial charge in [0.15, 0.2) is 0 Å². The van der Waals surface area contributed by atoms with Crippen molar-refractivity contribution in [2.45, 2.75) is 65.0 Å². The minimum Gasteiger partial charge on any atom is -0.313 e. The van der Waals surface area contributed by atoms with E-state index in [0.29, 0.717) is 5.41 Å². The van der Waals surface area contributed by atoms with E-state index in [-0.39, 0.29) is 0 Å². The topological polar surface area (TPSA) is 15.3 Å². The third-order valence-electron chi connectivity index (χ3n) is 4.64. The van der Waals surface area contributed by atoms with Crippen molar-refractivity contribution in [3.8, 4) is 0 Å². The highest BCUT2D eigenvalue weighted by Gasteiger charge is 2.38. The van der Waals surface area contributed by atoms with E-state index >= 15 is 0 Å². The van der Waals surface area contributed by atoms with E-state index < -0.39 is 0 Å². The van der Waals surface area contributed by atoms with Crippen molar-refractivity contribution in [1.82, 2.24) is 10.2 Å². The minimum absolute atomic E-state index is 0.544. The SMILES string of the molecule is CCC1CN(C2CCCC2(C)C)CCCN1. The Hall–Kier alpha value is -0.0800. The molecule has 0 aromatic heterocycles. The van der Waals surface area contributed by atoms with Crippen LogP contribution in [0.15, 0.2) is 0 Å². The Morgan fingerprint density at radius 2 is 2.12 bits per heavy atom. The maximum absolute atomic E-state index is 3.67. The summed E-state index contributed by atoms with van der Waals surface area (Å²) in [5.74, 6) is 0. The molecule has 1 heterocycles. The van der Waals surface area contributed by atoms with E-state index in [9.17, 15) is 0 Å². The molecular formula is C14H28N2. The van der Waals surface area contributed by atoms with Gasteiger partial charge in [0.1, 0.15) is 0 Å². The maximum Gasteiger partial charge on any atom is 0.0192 e. The number of hydrogen-bond acceptors (Lipinski definition) is 2. The van der Waals surface area contributed by atoms with Gasteiger partial charge in [-0.25, -0.2) is 0 Å². The summed E-state index contributed by atoms with van der Waals surface area (Å²) in [5.41, 5.74) is 0.544. The third kappa shape index (κ3) is 2.60. The van der Waals surface area contributed by atoms with Crippen molar-refractivity contribution in [2.24, 2.45) is 5.41 Å². The fourth-order valence-electron chi connectivity index (χ4n) is 3.57. The van der Waals surface area contributed by atoms with Gasteiger partial charge in [0.05, 0.1) is 0 Å². The van der Waals surface area contributed by atoms with Gasteiger partial charge < -0.3 is 5.32 Å². The molecule has 0 aromatic rings. The van der Waals surface area contributed by atoms with Crippen LogP contribution in [0.3, 0.4) is 0 Å². The van der Waals surface area contributed by atoms with Gasteiger partial charge in [0.25, 0.3) is 0 Å². The third-order valence-corrected chi connectivity index (χ3v) is 4.64. The summed E-state index contributed by atoms with van der Waals surface area (Å²) in [6.45, 7) is 11.0. The first kappa shape index (κ1) is 12.4. The van der Waals surface area contributed by atoms with E-state index in [1.165, 1.54) is 51.7 Å². The second-order valence-electron chi connectivity index (χ2n) is 6.30. The highest BCUT2D eigenvalue weighted by atomic mass is 15.2. The molecule has 0 bridgehead atoms. The first-order valence-corrected chi connectivity index (χ1v) is 7.11. The second-order valence-corrected chi connectivity index (χ2v) is 6.30. The van der Waals surface area contributed by atoms with Crippen LogP contribution in [0.4, 0.5) is 0 Å². The molecule has 2 fully saturated rings. The van der Waals surface area contributed by atoms with Crippen LogP contribution in [0, 0.1) is 5.41 Å². The quantitative estimate of drug-likeness (QED) is 0.776. The summed E-state index contributed by atoms with van der Waals surface area (Å²) in [4.78, 5) is 2.78. The normalized spacial score (nSPS) is 36.2. The summed E-state index contributed by atoms with van der Waals surface area (Å²) < 4.78 is 0. The predicted molar refractivity (Wildman–Crippen MR) is 69.7 cm³/mol. The van der Waals surface area contributed by atoms with Gasteiger partial charge >= 0.3 is 0 Å². The van der Waals surface area contributed by atoms with Gasteiger partial charge in [-0.2, -0.15) is 0 Å². The zero-order valence-corrected chi connectivity index (χ0v) is 11.3. The van der Waals surface area contributed by atoms with Crippen LogP contribution in [-0.2, 0) is 0 Å². The lowest BCUT2D eigenvalue weighted by Crippen LogP contribution is -2.46. The van der Waals surface area contributed by atoms with Gasteiger partial charge in [-0.15, -0.1) is 0 Å². The van der Waals surface area contributed by atoms with Gasteiger partial charge in [0, 0.05) is 18.6 Å². The average molecular weight is 224 g/mol. The van der Waals surface area contributed by atoms with Crippen molar-refractivity contribution < 1.29 is 0 Å². The van der Waals surface area contributed by atoms with E-state index in [1.54, 1.807) is 0 Å². The lowest BCUT2D eigenvalue weighted by Gasteiger charge is -2.38. The molecule has 2 atom stereocenters. The maximum atomic E-state index is 3.67. The van der Waals surface area contributed by atoms with Crippen molar-refractivity contribution in [2.75, 3.05) is 19.6 Å². The molecule has 0 spiro atoms. The molecule has 0 radical (unpaired) electrons. The van der Waals surface area contributed by atoms with Gasteiger partial charge in [-0.3, -0.25) is 4.90 Å². The summed E-state index contributed by atoms with van der Waals surface area (Å²) in [7, 11) is 0. The molecule has 1 N–H and O–H groups in total. The number of nitrogens with one attached hydrogen (secondary N) is 1. The molecule has 94 valence electrons. The Balaban J connectivity index is 2.01. The number of hydrogen-bond donors (Lipinski definition) is 1. The number of nitrogens with zero attached hydrogens (tertiary/aromatic N) is 1. The number of rotatable bonds is 2. The van der Waals surface area contributed by atoms with E-state index in [1.807, 2.05) is 0 Å². The molecule has 1 saturated heterocycles. The summed E-state index contributed by atoms with van der Waals surface area (Å²) >= 11 is 0. The van der Waals surface area contributed by atoms with Crippen LogP contribution < -0.4 is 5.32 Å². The smallest absolute Gasteiger partial charge is 0.0192 e. The Morgan fingerprint density at radius 3 is 2.75 bits per heavy atom. The molecule has 1 aliphatic heterocycles. The first-order chi connectivity index (χ1) is 7.63. The molecular weight excluding hydrogens is 196 g/mol. The molecule has 0 amide bonds. The Labute approximate surface area is 101 Å². The lowest BCUT2D eigenvalue weighted by molar-refractivity contribution is 0.110. The standard InChI is InChI=1S/C14H28N2/c1-4-12-11-16(10-6-9-15-12)13-7-5-8-14(13,2)3/h12-13,15H,4-11H2,1-3H3. The van der Waals surface area contributed by atoms with Gasteiger partial charge in [0.2, 0.25) is 0 Å². The van der Waals surface area contributed by atoms with Crippen LogP contribution in [0.5, 0.6) is 0 Å². The Morgan fingerprint density at radius 1 is 1.31 bits per heavy atom. The molecule has 1 aliphatic carbocycles. The predicted octanol–water partition coefficient (Wildman–Crippen LogP) is 2.64. The molecule has 1 saturated carbocycles. The molecule has 2 heteroatoms. The van der Waals surface area contributed by atoms with Crippen LogP contribution in [0.1, 0.15) is 52.9 Å². The first-order valence-electron chi connectivity index (χ1n) is 7.11. The van der Waals surface area contributed by atoms with E-state index in [4.69, 9.17) is 0 Å². The van der Waals surface area contributed by atoms with Crippen molar-refractivity contribution in [1.29, 1.82) is 0 Å². The Kier molecular flexibility index (Phi) is 3.91. The van der Waals surface area contributed by atoms with Crippen LogP contribution in [-0.4, -0.2) is 36.6 Å². The van der Waals surface area contributed by atoms with Gasteiger partial charge in [-0.05, 0) is 44.2 Å². The van der Waals surface area contributed by atoms with Crippen LogP contribution in [0.25, 0.3) is 0 Å². The second kappa shape index (κ2) is 5.05. The summed E-state index contributed by atoms with van der Waals surface area (Å²) in [5, 5.41) is 3.67. The minimum atomic E-state index is 0.544. The molecule has 0 aromatic carbocycles. The zero-order chi connectivity index (χ0) is 11.6. The fraction of sp³-hybridized carbons (Fsp3) is 1.00. The van der Waals surface area contributed by atoms with Crippen molar-refractivity contribution in [3.63, 3.8) is 0 Å². The molecule has 2 unspecified atom stereocenters. The van der Waals surface area contributed by atoms with Crippen LogP contribution >= 0.6 is 0 Å². The zero-order valence-electron chi connectivity index (χ0n) is 11.3. The highest BCUT2D eigenvalue weighted by Crippen LogP contribution is 2.40. The fourth-order valence-corrected chi connectivity index (χ4v) is 3.57. The van der Waals surface area contributed by atoms with E-state index in [0.717, 1.165) is 12.1 Å². The Bertz CT molecular complexity index is 225. The molecule has 2 aliphatic rings. The molecule has 16 heavy (non-hydrogen) atoms. The van der Waals surface area contributed by atoms with Crippen molar-refractivity contribution in [3.05, 3.63) is 0 Å². The summed E-state index contributed by atoms with van der Waals surface area (Å²) in [6, 6.07) is 1.56. The van der Waals surface area contributed by atoms with Crippen LogP contribution in [0.2, 0.25) is 0 Å². The van der Waals surface area contributed by atoms with Gasteiger partial charge in [-0.1, -0.05) is 27.2 Å². The van der Waals surface area contributed by atoms with E-state index in [2.05, 4.69) is 31.0 Å². The lowest BCUT2D eigenvalue weighted by atomic mass is 9.86. The largest absolute Gasteiger partial charge is 0.313 e. The average Bonchev–Trinajstić information content (AvgIpc) is 2.50. The molecule has 2 nitrogen and oxygen atoms in total. The monoisotopic (exact) mass is 224 g/mol. The van der Waals surface area contributed by atoms with Crippen molar-refractivity contribution >= 4 is 0 Å². The molecule has 2 rings (SSSR count). The highest BCUT2D eigenvalue weighted by molar-refractivity contribution is 4.93. The summed E-state index contributed by atoms with van der Waals surface area (Å²) in [6.07, 6.45) is 6.85.